The van der Waals surface area contributed by atoms with E-state index in [1.807, 2.05) is 0 Å². The lowest BCUT2D eigenvalue weighted by atomic mass is 10.7. The van der Waals surface area contributed by atoms with E-state index in [0.29, 0.717) is 11.9 Å². The first kappa shape index (κ1) is 12.8. The van der Waals surface area contributed by atoms with Crippen LogP contribution in [0.5, 0.6) is 0 Å². The molecule has 0 unspecified atom stereocenters. The third-order valence-corrected chi connectivity index (χ3v) is 2.10. The highest BCUT2D eigenvalue weighted by molar-refractivity contribution is 9.10. The summed E-state index contributed by atoms with van der Waals surface area (Å²) in [7, 11) is 0. The molecule has 2 heterocycles. The lowest BCUT2D eigenvalue weighted by Gasteiger charge is -1.87. The maximum absolute atomic E-state index is 5.18. The van der Waals surface area contributed by atoms with Gasteiger partial charge in [0.05, 0.1) is 8.95 Å². The van der Waals surface area contributed by atoms with Crippen LogP contribution in [-0.2, 0) is 0 Å². The van der Waals surface area contributed by atoms with Crippen LogP contribution in [0.1, 0.15) is 0 Å². The fraction of sp³-hybridized carbons (Fsp3) is 0. The Labute approximate surface area is 109 Å². The van der Waals surface area contributed by atoms with Gasteiger partial charge in [-0.1, -0.05) is 0 Å². The maximum atomic E-state index is 5.18. The molecule has 0 aliphatic carbocycles. The molecule has 0 saturated heterocycles. The van der Waals surface area contributed by atoms with E-state index in [0.717, 1.165) is 8.95 Å². The van der Waals surface area contributed by atoms with E-state index in [9.17, 15) is 0 Å². The predicted octanol–water partition coefficient (Wildman–Crippen LogP) is 1.64. The molecule has 16 heavy (non-hydrogen) atoms. The van der Waals surface area contributed by atoms with E-state index in [1.165, 1.54) is 0 Å². The van der Waals surface area contributed by atoms with Crippen molar-refractivity contribution in [2.75, 3.05) is 11.5 Å². The average Bonchev–Trinajstić information content (AvgIpc) is 2.28. The van der Waals surface area contributed by atoms with Gasteiger partial charge in [-0.25, -0.2) is 19.9 Å². The number of nitrogens with two attached hydrogens (primary N) is 2. The van der Waals surface area contributed by atoms with Crippen molar-refractivity contribution in [1.29, 1.82) is 0 Å². The van der Waals surface area contributed by atoms with Crippen LogP contribution in [0, 0.1) is 0 Å². The van der Waals surface area contributed by atoms with Crippen LogP contribution in [0.3, 0.4) is 0 Å². The molecular formula is C8H8Br2N6. The molecular weight excluding hydrogens is 340 g/mol. The quantitative estimate of drug-likeness (QED) is 0.750. The predicted molar refractivity (Wildman–Crippen MR) is 68.3 cm³/mol. The van der Waals surface area contributed by atoms with Gasteiger partial charge in [-0.05, 0) is 31.9 Å². The molecule has 0 radical (unpaired) electrons. The highest BCUT2D eigenvalue weighted by Crippen LogP contribution is 2.04. The van der Waals surface area contributed by atoms with E-state index < -0.39 is 0 Å². The van der Waals surface area contributed by atoms with Crippen molar-refractivity contribution in [2.45, 2.75) is 0 Å². The number of halogens is 2. The standard InChI is InChI=1S/2C4H4BrN3/c2*5-3-1-7-4(6)8-2-3/h2*1-2H,(H2,6,7,8). The summed E-state index contributed by atoms with van der Waals surface area (Å²) >= 11 is 6.33. The van der Waals surface area contributed by atoms with Crippen molar-refractivity contribution < 1.29 is 0 Å². The largest absolute Gasteiger partial charge is 0.368 e. The summed E-state index contributed by atoms with van der Waals surface area (Å²) in [5.74, 6) is 0.599. The Morgan fingerprint density at radius 1 is 0.688 bits per heavy atom. The molecule has 0 aromatic carbocycles. The van der Waals surface area contributed by atoms with Gasteiger partial charge in [-0.15, -0.1) is 0 Å². The molecule has 8 heteroatoms. The van der Waals surface area contributed by atoms with Crippen LogP contribution >= 0.6 is 31.9 Å². The zero-order valence-electron chi connectivity index (χ0n) is 8.01. The van der Waals surface area contributed by atoms with Gasteiger partial charge in [0.2, 0.25) is 11.9 Å². The van der Waals surface area contributed by atoms with Crippen molar-refractivity contribution in [2.24, 2.45) is 0 Å². The number of hydrogen-bond donors (Lipinski definition) is 2. The molecule has 2 rings (SSSR count). The zero-order chi connectivity index (χ0) is 12.0. The normalized spacial score (nSPS) is 9.12. The van der Waals surface area contributed by atoms with Gasteiger partial charge in [0.25, 0.3) is 0 Å². The third-order valence-electron chi connectivity index (χ3n) is 1.28. The summed E-state index contributed by atoms with van der Waals surface area (Å²) in [4.78, 5) is 14.8. The molecule has 0 aliphatic rings. The summed E-state index contributed by atoms with van der Waals surface area (Å²) in [5, 5.41) is 0. The van der Waals surface area contributed by atoms with Crippen molar-refractivity contribution >= 4 is 43.8 Å². The molecule has 84 valence electrons. The van der Waals surface area contributed by atoms with Crippen molar-refractivity contribution in [3.8, 4) is 0 Å². The van der Waals surface area contributed by atoms with Gasteiger partial charge in [0.1, 0.15) is 0 Å². The smallest absolute Gasteiger partial charge is 0.219 e. The highest BCUT2D eigenvalue weighted by atomic mass is 79.9. The molecule has 0 fully saturated rings. The van der Waals surface area contributed by atoms with Gasteiger partial charge >= 0.3 is 0 Å². The van der Waals surface area contributed by atoms with Gasteiger partial charge in [0.15, 0.2) is 0 Å². The molecule has 0 spiro atoms. The average molecular weight is 348 g/mol. The molecule has 4 N–H and O–H groups in total. The fourth-order valence-corrected chi connectivity index (χ4v) is 1.05. The van der Waals surface area contributed by atoms with Crippen molar-refractivity contribution in [3.05, 3.63) is 33.7 Å². The zero-order valence-corrected chi connectivity index (χ0v) is 11.2. The Bertz CT molecular complexity index is 344. The Kier molecular flexibility index (Phi) is 5.06. The van der Waals surface area contributed by atoms with Crippen LogP contribution in [0.25, 0.3) is 0 Å². The van der Waals surface area contributed by atoms with E-state index in [-0.39, 0.29) is 0 Å². The van der Waals surface area contributed by atoms with Gasteiger partial charge in [-0.3, -0.25) is 0 Å². The Balaban J connectivity index is 0.000000160. The Morgan fingerprint density at radius 3 is 1.12 bits per heavy atom. The summed E-state index contributed by atoms with van der Waals surface area (Å²) in [6.07, 6.45) is 6.40. The minimum Gasteiger partial charge on any atom is -0.368 e. The second-order valence-corrected chi connectivity index (χ2v) is 4.35. The second kappa shape index (κ2) is 6.33. The third kappa shape index (κ3) is 4.99. The SMILES string of the molecule is Nc1ncc(Br)cn1.Nc1ncc(Br)cn1. The molecule has 0 saturated carbocycles. The minimum atomic E-state index is 0.299. The van der Waals surface area contributed by atoms with Crippen LogP contribution in [0.15, 0.2) is 33.7 Å². The summed E-state index contributed by atoms with van der Waals surface area (Å²) in [6, 6.07) is 0. The molecule has 0 amide bonds. The number of aromatic nitrogens is 4. The first-order valence-corrected chi connectivity index (χ1v) is 5.62. The molecule has 0 atom stereocenters. The van der Waals surface area contributed by atoms with Gasteiger partial charge in [0, 0.05) is 24.8 Å². The maximum Gasteiger partial charge on any atom is 0.219 e. The molecule has 0 bridgehead atoms. The van der Waals surface area contributed by atoms with E-state index in [4.69, 9.17) is 11.5 Å². The molecule has 0 aliphatic heterocycles. The van der Waals surface area contributed by atoms with Crippen LogP contribution in [0.2, 0.25) is 0 Å². The van der Waals surface area contributed by atoms with E-state index in [1.54, 1.807) is 24.8 Å². The number of anilines is 2. The highest BCUT2D eigenvalue weighted by Gasteiger charge is 1.85. The van der Waals surface area contributed by atoms with E-state index >= 15 is 0 Å². The van der Waals surface area contributed by atoms with Crippen molar-refractivity contribution in [1.82, 2.24) is 19.9 Å². The van der Waals surface area contributed by atoms with Gasteiger partial charge in [-0.2, -0.15) is 0 Å². The molecule has 6 nitrogen and oxygen atoms in total. The molecule has 2 aromatic heterocycles. The summed E-state index contributed by atoms with van der Waals surface area (Å²) < 4.78 is 1.68. The first-order valence-electron chi connectivity index (χ1n) is 4.04. The van der Waals surface area contributed by atoms with Crippen LogP contribution < -0.4 is 11.5 Å². The van der Waals surface area contributed by atoms with Crippen LogP contribution in [0.4, 0.5) is 11.9 Å². The summed E-state index contributed by atoms with van der Waals surface area (Å²) in [5.41, 5.74) is 10.4. The number of nitrogen functional groups attached to an aromatic ring is 2. The lowest BCUT2D eigenvalue weighted by molar-refractivity contribution is 1.17. The Morgan fingerprint density at radius 2 is 0.938 bits per heavy atom. The summed E-state index contributed by atoms with van der Waals surface area (Å²) in [6.45, 7) is 0. The first-order chi connectivity index (χ1) is 7.58. The van der Waals surface area contributed by atoms with Gasteiger partial charge < -0.3 is 11.5 Å². The Hall–Kier alpha value is -1.28. The lowest BCUT2D eigenvalue weighted by Crippen LogP contribution is -1.91. The number of rotatable bonds is 0. The number of nitrogens with zero attached hydrogens (tertiary/aromatic N) is 4. The fourth-order valence-electron chi connectivity index (χ4n) is 0.645. The molecule has 2 aromatic rings. The van der Waals surface area contributed by atoms with E-state index in [2.05, 4.69) is 51.8 Å². The monoisotopic (exact) mass is 346 g/mol. The van der Waals surface area contributed by atoms with Crippen LogP contribution in [-0.4, -0.2) is 19.9 Å². The minimum absolute atomic E-state index is 0.299. The topological polar surface area (TPSA) is 104 Å². The van der Waals surface area contributed by atoms with Crippen molar-refractivity contribution in [3.63, 3.8) is 0 Å². The second-order valence-electron chi connectivity index (χ2n) is 2.52. The number of hydrogen-bond acceptors (Lipinski definition) is 6.